The van der Waals surface area contributed by atoms with Crippen LogP contribution in [0.25, 0.3) is 0 Å². The average molecular weight is 312 g/mol. The third-order valence-electron chi connectivity index (χ3n) is 4.06. The lowest BCUT2D eigenvalue weighted by Crippen LogP contribution is -2.03. The van der Waals surface area contributed by atoms with Crippen LogP contribution in [0.4, 0.5) is 0 Å². The van der Waals surface area contributed by atoms with Gasteiger partial charge in [-0.15, -0.1) is 0 Å². The summed E-state index contributed by atoms with van der Waals surface area (Å²) in [5.74, 6) is -0.996. The molecule has 0 aromatic carbocycles. The van der Waals surface area contributed by atoms with Gasteiger partial charge >= 0.3 is 5.97 Å². The van der Waals surface area contributed by atoms with Crippen LogP contribution >= 0.6 is 0 Å². The lowest BCUT2D eigenvalue weighted by atomic mass is 10.0. The molecule has 0 aromatic rings. The molecule has 3 heteroatoms. The highest BCUT2D eigenvalue weighted by Crippen LogP contribution is 2.13. The molecule has 22 heavy (non-hydrogen) atoms. The van der Waals surface area contributed by atoms with Crippen molar-refractivity contribution in [2.75, 3.05) is 0 Å². The van der Waals surface area contributed by atoms with Crippen LogP contribution in [0.2, 0.25) is 0 Å². The SMILES string of the molecule is CCCCCCCCCCCCCCCC(O)C=CC(=O)O. The summed E-state index contributed by atoms with van der Waals surface area (Å²) in [5.41, 5.74) is 0. The van der Waals surface area contributed by atoms with E-state index in [0.717, 1.165) is 18.9 Å². The van der Waals surface area contributed by atoms with E-state index in [1.807, 2.05) is 0 Å². The minimum absolute atomic E-state index is 0.608. The molecule has 0 saturated carbocycles. The van der Waals surface area contributed by atoms with E-state index in [1.165, 1.54) is 76.7 Å². The highest BCUT2D eigenvalue weighted by Gasteiger charge is 2.00. The van der Waals surface area contributed by atoms with Gasteiger partial charge in [-0.3, -0.25) is 0 Å². The van der Waals surface area contributed by atoms with Crippen molar-refractivity contribution in [3.8, 4) is 0 Å². The fraction of sp³-hybridized carbons (Fsp3) is 0.842. The van der Waals surface area contributed by atoms with Crippen molar-refractivity contribution in [1.82, 2.24) is 0 Å². The minimum Gasteiger partial charge on any atom is -0.478 e. The lowest BCUT2D eigenvalue weighted by Gasteiger charge is -2.05. The van der Waals surface area contributed by atoms with Crippen LogP contribution in [-0.2, 0) is 4.79 Å². The van der Waals surface area contributed by atoms with Crippen molar-refractivity contribution >= 4 is 5.97 Å². The fourth-order valence-electron chi connectivity index (χ4n) is 2.66. The summed E-state index contributed by atoms with van der Waals surface area (Å²) in [6.07, 6.45) is 19.5. The van der Waals surface area contributed by atoms with Crippen molar-refractivity contribution < 1.29 is 15.0 Å². The Bertz CT molecular complexity index is 274. The molecule has 0 aliphatic rings. The predicted octanol–water partition coefficient (Wildman–Crippen LogP) is 5.47. The third kappa shape index (κ3) is 17.2. The summed E-state index contributed by atoms with van der Waals surface area (Å²) in [4.78, 5) is 10.3. The zero-order valence-corrected chi connectivity index (χ0v) is 14.4. The van der Waals surface area contributed by atoms with Crippen LogP contribution in [0.1, 0.15) is 96.8 Å². The molecule has 1 unspecified atom stereocenters. The molecule has 0 saturated heterocycles. The molecule has 0 aromatic heterocycles. The maximum atomic E-state index is 10.3. The molecule has 3 nitrogen and oxygen atoms in total. The number of carboxylic acids is 1. The first-order valence-electron chi connectivity index (χ1n) is 9.26. The Balaban J connectivity index is 3.15. The first-order chi connectivity index (χ1) is 10.7. The Morgan fingerprint density at radius 2 is 1.23 bits per heavy atom. The molecule has 0 fully saturated rings. The molecule has 1 atom stereocenters. The van der Waals surface area contributed by atoms with Crippen LogP contribution < -0.4 is 0 Å². The molecule has 0 aliphatic carbocycles. The zero-order valence-electron chi connectivity index (χ0n) is 14.4. The minimum atomic E-state index is -0.996. The fourth-order valence-corrected chi connectivity index (χ4v) is 2.66. The summed E-state index contributed by atoms with van der Waals surface area (Å²) in [5, 5.41) is 18.0. The number of unbranched alkanes of at least 4 members (excludes halogenated alkanes) is 12. The van der Waals surface area contributed by atoms with E-state index >= 15 is 0 Å². The van der Waals surface area contributed by atoms with Gasteiger partial charge in [0.2, 0.25) is 0 Å². The molecular formula is C19H36O3. The molecule has 0 radical (unpaired) electrons. The number of aliphatic hydroxyl groups is 1. The summed E-state index contributed by atoms with van der Waals surface area (Å²) < 4.78 is 0. The molecule has 0 bridgehead atoms. The van der Waals surface area contributed by atoms with Crippen LogP contribution in [0.15, 0.2) is 12.2 Å². The van der Waals surface area contributed by atoms with Gasteiger partial charge in [0.05, 0.1) is 6.10 Å². The van der Waals surface area contributed by atoms with Gasteiger partial charge in [-0.05, 0) is 12.5 Å². The number of hydrogen-bond acceptors (Lipinski definition) is 2. The quantitative estimate of drug-likeness (QED) is 0.293. The number of aliphatic hydroxyl groups excluding tert-OH is 1. The highest BCUT2D eigenvalue weighted by molar-refractivity contribution is 5.79. The summed E-state index contributed by atoms with van der Waals surface area (Å²) in [7, 11) is 0. The van der Waals surface area contributed by atoms with Gasteiger partial charge in [-0.1, -0.05) is 90.4 Å². The van der Waals surface area contributed by atoms with Crippen molar-refractivity contribution in [2.24, 2.45) is 0 Å². The first-order valence-corrected chi connectivity index (χ1v) is 9.26. The van der Waals surface area contributed by atoms with Gasteiger partial charge in [0.25, 0.3) is 0 Å². The molecule has 0 amide bonds. The summed E-state index contributed by atoms with van der Waals surface area (Å²) >= 11 is 0. The van der Waals surface area contributed by atoms with Gasteiger partial charge in [-0.2, -0.15) is 0 Å². The maximum Gasteiger partial charge on any atom is 0.328 e. The topological polar surface area (TPSA) is 57.5 Å². The van der Waals surface area contributed by atoms with Crippen LogP contribution in [-0.4, -0.2) is 22.3 Å². The van der Waals surface area contributed by atoms with Gasteiger partial charge < -0.3 is 10.2 Å². The zero-order chi connectivity index (χ0) is 16.5. The van der Waals surface area contributed by atoms with E-state index in [2.05, 4.69) is 6.92 Å². The third-order valence-corrected chi connectivity index (χ3v) is 4.06. The van der Waals surface area contributed by atoms with Crippen LogP contribution in [0.3, 0.4) is 0 Å². The van der Waals surface area contributed by atoms with Crippen molar-refractivity contribution in [2.45, 2.75) is 103 Å². The second kappa shape index (κ2) is 16.5. The first kappa shape index (κ1) is 21.2. The Hall–Kier alpha value is -0.830. The average Bonchev–Trinajstić information content (AvgIpc) is 2.49. The van der Waals surface area contributed by atoms with Crippen LogP contribution in [0, 0.1) is 0 Å². The smallest absolute Gasteiger partial charge is 0.328 e. The molecule has 0 heterocycles. The van der Waals surface area contributed by atoms with E-state index in [-0.39, 0.29) is 0 Å². The molecule has 0 aliphatic heterocycles. The van der Waals surface area contributed by atoms with E-state index in [1.54, 1.807) is 0 Å². The molecular weight excluding hydrogens is 276 g/mol. The lowest BCUT2D eigenvalue weighted by molar-refractivity contribution is -0.131. The number of aliphatic carboxylic acids is 1. The Morgan fingerprint density at radius 3 is 1.64 bits per heavy atom. The van der Waals surface area contributed by atoms with E-state index < -0.39 is 12.1 Å². The number of hydrogen-bond donors (Lipinski definition) is 2. The highest BCUT2D eigenvalue weighted by atomic mass is 16.4. The molecule has 0 rings (SSSR count). The number of rotatable bonds is 16. The van der Waals surface area contributed by atoms with Gasteiger partial charge in [-0.25, -0.2) is 4.79 Å². The van der Waals surface area contributed by atoms with Crippen molar-refractivity contribution in [3.05, 3.63) is 12.2 Å². The monoisotopic (exact) mass is 312 g/mol. The largest absolute Gasteiger partial charge is 0.478 e. The van der Waals surface area contributed by atoms with Crippen molar-refractivity contribution in [3.63, 3.8) is 0 Å². The summed E-state index contributed by atoms with van der Waals surface area (Å²) in [6.45, 7) is 2.26. The molecule has 130 valence electrons. The second-order valence-corrected chi connectivity index (χ2v) is 6.30. The van der Waals surface area contributed by atoms with Crippen LogP contribution in [0.5, 0.6) is 0 Å². The molecule has 2 N–H and O–H groups in total. The van der Waals surface area contributed by atoms with E-state index in [0.29, 0.717) is 6.42 Å². The standard InChI is InChI=1S/C19H36O3/c1-2-3-4-5-6-7-8-9-10-11-12-13-14-15-18(20)16-17-19(21)22/h16-18,20H,2-15H2,1H3,(H,21,22). The van der Waals surface area contributed by atoms with Gasteiger partial charge in [0, 0.05) is 6.08 Å². The Morgan fingerprint density at radius 1 is 0.818 bits per heavy atom. The normalized spacial score (nSPS) is 12.8. The van der Waals surface area contributed by atoms with Gasteiger partial charge in [0.15, 0.2) is 0 Å². The predicted molar refractivity (Wildman–Crippen MR) is 93.1 cm³/mol. The Labute approximate surface area is 136 Å². The van der Waals surface area contributed by atoms with Gasteiger partial charge in [0.1, 0.15) is 0 Å². The van der Waals surface area contributed by atoms with Crippen molar-refractivity contribution in [1.29, 1.82) is 0 Å². The van der Waals surface area contributed by atoms with E-state index in [4.69, 9.17) is 5.11 Å². The summed E-state index contributed by atoms with van der Waals surface area (Å²) in [6, 6.07) is 0. The number of carbonyl (C=O) groups is 1. The number of carboxylic acid groups (broad SMARTS) is 1. The van der Waals surface area contributed by atoms with E-state index in [9.17, 15) is 9.90 Å². The molecule has 0 spiro atoms. The second-order valence-electron chi connectivity index (χ2n) is 6.30. The Kier molecular flexibility index (Phi) is 15.9. The maximum absolute atomic E-state index is 10.3.